The molecule has 0 amide bonds. The van der Waals surface area contributed by atoms with Gasteiger partial charge in [-0.3, -0.25) is 0 Å². The number of benzene rings is 1. The van der Waals surface area contributed by atoms with Crippen LogP contribution in [0.3, 0.4) is 0 Å². The van der Waals surface area contributed by atoms with E-state index in [0.29, 0.717) is 23.8 Å². The first-order chi connectivity index (χ1) is 10.1. The highest BCUT2D eigenvalue weighted by Gasteiger charge is 2.20. The van der Waals surface area contributed by atoms with Crippen LogP contribution in [0.25, 0.3) is 0 Å². The third kappa shape index (κ3) is 4.66. The maximum absolute atomic E-state index is 12.6. The van der Waals surface area contributed by atoms with Crippen LogP contribution in [0.2, 0.25) is 0 Å². The summed E-state index contributed by atoms with van der Waals surface area (Å²) in [6.45, 7) is 0.0324. The molecule has 1 saturated carbocycles. The van der Waals surface area contributed by atoms with Gasteiger partial charge in [-0.15, -0.1) is 0 Å². The quantitative estimate of drug-likeness (QED) is 0.769. The normalized spacial score (nSPS) is 14.2. The number of halogens is 2. The van der Waals surface area contributed by atoms with Crippen LogP contribution in [0.15, 0.2) is 18.2 Å². The van der Waals surface area contributed by atoms with Crippen molar-refractivity contribution in [1.29, 1.82) is 5.26 Å². The first-order valence-electron chi connectivity index (χ1n) is 7.04. The molecule has 0 atom stereocenters. The lowest BCUT2D eigenvalue weighted by Gasteiger charge is -2.24. The number of alkyl halides is 2. The zero-order valence-electron chi connectivity index (χ0n) is 11.7. The molecule has 114 valence electrons. The van der Waals surface area contributed by atoms with Crippen LogP contribution < -0.4 is 10.2 Å². The van der Waals surface area contributed by atoms with E-state index >= 15 is 0 Å². The number of aliphatic hydroxyl groups is 1. The van der Waals surface area contributed by atoms with Gasteiger partial charge >= 0.3 is 0 Å². The Morgan fingerprint density at radius 1 is 1.43 bits per heavy atom. The first kappa shape index (κ1) is 15.7. The molecule has 2 rings (SSSR count). The van der Waals surface area contributed by atoms with Gasteiger partial charge in [-0.25, -0.2) is 8.78 Å². The van der Waals surface area contributed by atoms with Crippen LogP contribution in [-0.2, 0) is 6.54 Å². The van der Waals surface area contributed by atoms with Crippen molar-refractivity contribution in [1.82, 2.24) is 5.32 Å². The third-order valence-electron chi connectivity index (χ3n) is 3.42. The lowest BCUT2D eigenvalue weighted by molar-refractivity contribution is 0.153. The second kappa shape index (κ2) is 7.34. The number of nitrogens with one attached hydrogen (secondary N) is 1. The molecule has 1 aliphatic rings. The Morgan fingerprint density at radius 3 is 2.76 bits per heavy atom. The van der Waals surface area contributed by atoms with E-state index in [0.717, 1.165) is 5.56 Å². The highest BCUT2D eigenvalue weighted by Crippen LogP contribution is 2.24. The van der Waals surface area contributed by atoms with E-state index in [1.807, 2.05) is 6.07 Å². The van der Waals surface area contributed by atoms with E-state index in [2.05, 4.69) is 11.4 Å². The largest absolute Gasteiger partial charge is 0.395 e. The summed E-state index contributed by atoms with van der Waals surface area (Å²) in [6, 6.07) is 7.86. The molecule has 6 heteroatoms. The molecule has 0 bridgehead atoms. The first-order valence-corrected chi connectivity index (χ1v) is 7.04. The topological polar surface area (TPSA) is 59.3 Å². The fourth-order valence-corrected chi connectivity index (χ4v) is 2.21. The van der Waals surface area contributed by atoms with Gasteiger partial charge in [0.25, 0.3) is 6.43 Å². The summed E-state index contributed by atoms with van der Waals surface area (Å²) >= 11 is 0. The number of hydrogen-bond donors (Lipinski definition) is 2. The molecule has 0 spiro atoms. The predicted molar refractivity (Wildman–Crippen MR) is 76.3 cm³/mol. The molecular formula is C15H19F2N3O. The van der Waals surface area contributed by atoms with Gasteiger partial charge in [-0.2, -0.15) is 5.26 Å². The van der Waals surface area contributed by atoms with Crippen LogP contribution in [0, 0.1) is 11.3 Å². The summed E-state index contributed by atoms with van der Waals surface area (Å²) in [5.41, 5.74) is 1.77. The Labute approximate surface area is 123 Å². The minimum Gasteiger partial charge on any atom is -0.395 e. The Balaban J connectivity index is 2.14. The second-order valence-corrected chi connectivity index (χ2v) is 5.18. The predicted octanol–water partition coefficient (Wildman–Crippen LogP) is 1.87. The van der Waals surface area contributed by atoms with Crippen molar-refractivity contribution >= 4 is 5.69 Å². The molecule has 1 fully saturated rings. The van der Waals surface area contributed by atoms with Crippen molar-refractivity contribution in [2.75, 3.05) is 24.6 Å². The average Bonchev–Trinajstić information content (AvgIpc) is 3.28. The van der Waals surface area contributed by atoms with Gasteiger partial charge in [0.2, 0.25) is 0 Å². The second-order valence-electron chi connectivity index (χ2n) is 5.18. The fourth-order valence-electron chi connectivity index (χ4n) is 2.21. The van der Waals surface area contributed by atoms with E-state index < -0.39 is 13.0 Å². The van der Waals surface area contributed by atoms with E-state index in [4.69, 9.17) is 5.11 Å². The maximum atomic E-state index is 12.6. The third-order valence-corrected chi connectivity index (χ3v) is 3.42. The number of aliphatic hydroxyl groups excluding tert-OH is 1. The number of hydrogen-bond acceptors (Lipinski definition) is 4. The van der Waals surface area contributed by atoms with Crippen molar-refractivity contribution in [2.45, 2.75) is 31.9 Å². The molecule has 0 aromatic heterocycles. The number of nitriles is 1. The Hall–Kier alpha value is -1.71. The smallest absolute Gasteiger partial charge is 0.255 e. The van der Waals surface area contributed by atoms with Crippen LogP contribution in [-0.4, -0.2) is 37.3 Å². The van der Waals surface area contributed by atoms with Gasteiger partial charge in [0.1, 0.15) is 6.07 Å². The van der Waals surface area contributed by atoms with E-state index in [-0.39, 0.29) is 13.2 Å². The lowest BCUT2D eigenvalue weighted by Crippen LogP contribution is -2.32. The minimum atomic E-state index is -2.51. The Morgan fingerprint density at radius 2 is 2.19 bits per heavy atom. The summed E-state index contributed by atoms with van der Waals surface area (Å²) < 4.78 is 25.2. The maximum Gasteiger partial charge on any atom is 0.255 e. The van der Waals surface area contributed by atoms with Crippen LogP contribution in [0.5, 0.6) is 0 Å². The molecule has 1 aromatic rings. The van der Waals surface area contributed by atoms with Crippen molar-refractivity contribution in [2.24, 2.45) is 0 Å². The van der Waals surface area contributed by atoms with Crippen LogP contribution in [0.1, 0.15) is 24.0 Å². The van der Waals surface area contributed by atoms with Crippen LogP contribution >= 0.6 is 0 Å². The Kier molecular flexibility index (Phi) is 5.48. The summed E-state index contributed by atoms with van der Waals surface area (Å²) in [5, 5.41) is 21.6. The van der Waals surface area contributed by atoms with Gasteiger partial charge < -0.3 is 15.3 Å². The highest BCUT2D eigenvalue weighted by molar-refractivity contribution is 5.60. The molecule has 0 heterocycles. The van der Waals surface area contributed by atoms with E-state index in [9.17, 15) is 14.0 Å². The van der Waals surface area contributed by atoms with Crippen molar-refractivity contribution in [3.63, 3.8) is 0 Å². The number of anilines is 1. The van der Waals surface area contributed by atoms with Crippen molar-refractivity contribution < 1.29 is 13.9 Å². The molecule has 0 saturated heterocycles. The zero-order valence-corrected chi connectivity index (χ0v) is 11.7. The molecule has 4 nitrogen and oxygen atoms in total. The van der Waals surface area contributed by atoms with Gasteiger partial charge in [-0.1, -0.05) is 6.07 Å². The van der Waals surface area contributed by atoms with Gasteiger partial charge in [-0.05, 0) is 30.5 Å². The summed E-state index contributed by atoms with van der Waals surface area (Å²) in [7, 11) is 0. The zero-order chi connectivity index (χ0) is 15.2. The summed E-state index contributed by atoms with van der Waals surface area (Å²) in [5.74, 6) is 0. The molecule has 0 radical (unpaired) electrons. The molecule has 21 heavy (non-hydrogen) atoms. The van der Waals surface area contributed by atoms with E-state index in [1.54, 1.807) is 12.1 Å². The average molecular weight is 295 g/mol. The molecular weight excluding hydrogens is 276 g/mol. The minimum absolute atomic E-state index is 0.0820. The van der Waals surface area contributed by atoms with E-state index in [1.165, 1.54) is 17.7 Å². The standard InChI is InChI=1S/C15H19F2N3O/c16-15(17)10-20(5-6-21)14-4-1-11(7-12(14)8-18)9-19-13-2-3-13/h1,4,7,13,15,19,21H,2-3,5-6,9-10H2. The lowest BCUT2D eigenvalue weighted by atomic mass is 10.1. The summed E-state index contributed by atoms with van der Waals surface area (Å²) in [6.07, 6.45) is -0.150. The van der Waals surface area contributed by atoms with Gasteiger partial charge in [0.05, 0.1) is 24.4 Å². The SMILES string of the molecule is N#Cc1cc(CNC2CC2)ccc1N(CCO)CC(F)F. The molecule has 1 aliphatic carbocycles. The Bertz CT molecular complexity index is 512. The van der Waals surface area contributed by atoms with Gasteiger partial charge in [0, 0.05) is 19.1 Å². The monoisotopic (exact) mass is 295 g/mol. The highest BCUT2D eigenvalue weighted by atomic mass is 19.3. The summed E-state index contributed by atoms with van der Waals surface area (Å²) in [4.78, 5) is 1.35. The van der Waals surface area contributed by atoms with Crippen molar-refractivity contribution in [3.8, 4) is 6.07 Å². The molecule has 1 aromatic carbocycles. The van der Waals surface area contributed by atoms with Crippen LogP contribution in [0.4, 0.5) is 14.5 Å². The molecule has 0 aliphatic heterocycles. The van der Waals surface area contributed by atoms with Crippen molar-refractivity contribution in [3.05, 3.63) is 29.3 Å². The molecule has 0 unspecified atom stereocenters. The number of rotatable bonds is 8. The molecule has 2 N–H and O–H groups in total. The number of nitrogens with zero attached hydrogens (tertiary/aromatic N) is 2. The van der Waals surface area contributed by atoms with Gasteiger partial charge in [0.15, 0.2) is 0 Å². The fraction of sp³-hybridized carbons (Fsp3) is 0.533.